The lowest BCUT2D eigenvalue weighted by atomic mass is 9.98. The highest BCUT2D eigenvalue weighted by Gasteiger charge is 2.16. The van der Waals surface area contributed by atoms with Gasteiger partial charge in [-0.15, -0.1) is 0 Å². The number of benzene rings is 1. The number of ether oxygens (including phenoxy) is 1. The summed E-state index contributed by atoms with van der Waals surface area (Å²) in [7, 11) is 1.66. The van der Waals surface area contributed by atoms with Crippen molar-refractivity contribution in [1.29, 1.82) is 0 Å². The predicted molar refractivity (Wildman–Crippen MR) is 87.0 cm³/mol. The van der Waals surface area contributed by atoms with Gasteiger partial charge in [-0.25, -0.2) is 9.97 Å². The number of hydrogen-bond donors (Lipinski definition) is 1. The third kappa shape index (κ3) is 3.15. The Bertz CT molecular complexity index is 638. The Balaban J connectivity index is 2.56. The topological polar surface area (TPSA) is 47.0 Å². The van der Waals surface area contributed by atoms with E-state index in [1.807, 2.05) is 0 Å². The number of hydrogen-bond acceptors (Lipinski definition) is 4. The van der Waals surface area contributed by atoms with Crippen LogP contribution in [0.1, 0.15) is 30.0 Å². The minimum Gasteiger partial charge on any atom is -0.491 e. The van der Waals surface area contributed by atoms with Crippen molar-refractivity contribution in [3.63, 3.8) is 0 Å². The van der Waals surface area contributed by atoms with Crippen molar-refractivity contribution in [2.24, 2.45) is 0 Å². The van der Waals surface area contributed by atoms with E-state index in [9.17, 15) is 0 Å². The molecule has 0 aliphatic rings. The molecule has 0 amide bonds. The van der Waals surface area contributed by atoms with Crippen LogP contribution in [0.5, 0.6) is 5.75 Å². The minimum atomic E-state index is 0.706. The number of aromatic nitrogens is 2. The average Bonchev–Trinajstić information content (AvgIpc) is 2.48. The summed E-state index contributed by atoms with van der Waals surface area (Å²) < 4.78 is 5.57. The number of aryl methyl sites for hydroxylation is 3. The number of rotatable bonds is 5. The lowest BCUT2D eigenvalue weighted by molar-refractivity contribution is 0.414. The lowest BCUT2D eigenvalue weighted by Crippen LogP contribution is -2.06. The molecule has 1 N–H and O–H groups in total. The molecule has 4 heteroatoms. The Morgan fingerprint density at radius 3 is 2.43 bits per heavy atom. The fourth-order valence-electron chi connectivity index (χ4n) is 2.34. The summed E-state index contributed by atoms with van der Waals surface area (Å²) in [5.74, 6) is 1.46. The molecule has 112 valence electrons. The lowest BCUT2D eigenvalue weighted by Gasteiger charge is -2.15. The van der Waals surface area contributed by atoms with Gasteiger partial charge in [0.25, 0.3) is 0 Å². The molecule has 0 unspecified atom stereocenters. The molecule has 4 nitrogen and oxygen atoms in total. The maximum atomic E-state index is 5.57. The second-order valence-electron chi connectivity index (χ2n) is 5.28. The van der Waals surface area contributed by atoms with Crippen LogP contribution < -0.4 is 10.1 Å². The zero-order valence-corrected chi connectivity index (χ0v) is 13.4. The molecule has 0 aliphatic carbocycles. The molecule has 0 spiro atoms. The van der Waals surface area contributed by atoms with Crippen molar-refractivity contribution in [2.45, 2.75) is 34.1 Å². The molecule has 2 rings (SSSR count). The van der Waals surface area contributed by atoms with Gasteiger partial charge in [0.05, 0.1) is 7.11 Å². The van der Waals surface area contributed by atoms with E-state index in [0.717, 1.165) is 30.0 Å². The summed E-state index contributed by atoms with van der Waals surface area (Å²) in [5, 5.41) is 3.29. The van der Waals surface area contributed by atoms with Crippen molar-refractivity contribution >= 4 is 5.82 Å². The first-order chi connectivity index (χ1) is 10.1. The van der Waals surface area contributed by atoms with Crippen LogP contribution in [0.4, 0.5) is 5.82 Å². The third-order valence-corrected chi connectivity index (χ3v) is 3.65. The normalized spacial score (nSPS) is 10.5. The van der Waals surface area contributed by atoms with Gasteiger partial charge in [0, 0.05) is 12.1 Å². The molecule has 0 atom stereocenters. The zero-order chi connectivity index (χ0) is 15.4. The molecule has 1 aromatic heterocycles. The summed E-state index contributed by atoms with van der Waals surface area (Å²) in [6.45, 7) is 9.32. The second kappa shape index (κ2) is 6.57. The van der Waals surface area contributed by atoms with E-state index in [4.69, 9.17) is 4.74 Å². The standard InChI is InChI=1S/C17H23N3O/c1-6-7-18-17-16(21-5)15(19-10-20-17)14-9-12(3)11(2)8-13(14)4/h8-10H,6-7H2,1-5H3,(H,18,19,20). The Kier molecular flexibility index (Phi) is 4.78. The fraction of sp³-hybridized carbons (Fsp3) is 0.412. The number of anilines is 1. The molecule has 1 aromatic carbocycles. The van der Waals surface area contributed by atoms with Gasteiger partial charge in [-0.1, -0.05) is 13.0 Å². The SMILES string of the molecule is CCCNc1ncnc(-c2cc(C)c(C)cc2C)c1OC. The van der Waals surface area contributed by atoms with Crippen LogP contribution in [0.25, 0.3) is 11.3 Å². The molecule has 0 saturated carbocycles. The first kappa shape index (κ1) is 15.3. The van der Waals surface area contributed by atoms with Gasteiger partial charge >= 0.3 is 0 Å². The van der Waals surface area contributed by atoms with Crippen LogP contribution in [-0.2, 0) is 0 Å². The van der Waals surface area contributed by atoms with Gasteiger partial charge in [0.2, 0.25) is 0 Å². The first-order valence-electron chi connectivity index (χ1n) is 7.29. The Morgan fingerprint density at radius 2 is 1.76 bits per heavy atom. The average molecular weight is 285 g/mol. The quantitative estimate of drug-likeness (QED) is 0.905. The van der Waals surface area contributed by atoms with E-state index < -0.39 is 0 Å². The summed E-state index contributed by atoms with van der Waals surface area (Å²) in [6.07, 6.45) is 2.62. The highest BCUT2D eigenvalue weighted by atomic mass is 16.5. The molecule has 0 saturated heterocycles. The van der Waals surface area contributed by atoms with Gasteiger partial charge in [-0.05, 0) is 49.9 Å². The maximum absolute atomic E-state index is 5.57. The van der Waals surface area contributed by atoms with Crippen molar-refractivity contribution < 1.29 is 4.74 Å². The highest BCUT2D eigenvalue weighted by Crippen LogP contribution is 2.35. The number of nitrogens with one attached hydrogen (secondary N) is 1. The monoisotopic (exact) mass is 285 g/mol. The Labute approximate surface area is 126 Å². The van der Waals surface area contributed by atoms with E-state index >= 15 is 0 Å². The number of nitrogens with zero attached hydrogens (tertiary/aromatic N) is 2. The van der Waals surface area contributed by atoms with E-state index in [1.165, 1.54) is 16.7 Å². The van der Waals surface area contributed by atoms with Crippen LogP contribution in [0.3, 0.4) is 0 Å². The molecule has 0 aliphatic heterocycles. The van der Waals surface area contributed by atoms with Gasteiger partial charge in [0.15, 0.2) is 11.6 Å². The summed E-state index contributed by atoms with van der Waals surface area (Å²) in [5.41, 5.74) is 5.66. The van der Waals surface area contributed by atoms with Crippen molar-refractivity contribution in [1.82, 2.24) is 9.97 Å². The van der Waals surface area contributed by atoms with Crippen molar-refractivity contribution in [2.75, 3.05) is 19.0 Å². The smallest absolute Gasteiger partial charge is 0.187 e. The Morgan fingerprint density at radius 1 is 1.05 bits per heavy atom. The number of methoxy groups -OCH3 is 1. The molecular weight excluding hydrogens is 262 g/mol. The van der Waals surface area contributed by atoms with Crippen LogP contribution in [-0.4, -0.2) is 23.6 Å². The van der Waals surface area contributed by atoms with Crippen LogP contribution >= 0.6 is 0 Å². The maximum Gasteiger partial charge on any atom is 0.187 e. The summed E-state index contributed by atoms with van der Waals surface area (Å²) in [4.78, 5) is 8.74. The van der Waals surface area contributed by atoms with E-state index in [2.05, 4.69) is 55.1 Å². The highest BCUT2D eigenvalue weighted by molar-refractivity contribution is 5.75. The van der Waals surface area contributed by atoms with Crippen LogP contribution in [0.15, 0.2) is 18.5 Å². The first-order valence-corrected chi connectivity index (χ1v) is 7.29. The molecule has 21 heavy (non-hydrogen) atoms. The summed E-state index contributed by atoms with van der Waals surface area (Å²) >= 11 is 0. The van der Waals surface area contributed by atoms with Crippen molar-refractivity contribution in [3.8, 4) is 17.0 Å². The second-order valence-corrected chi connectivity index (χ2v) is 5.28. The van der Waals surface area contributed by atoms with Crippen LogP contribution in [0, 0.1) is 20.8 Å². The zero-order valence-electron chi connectivity index (χ0n) is 13.4. The van der Waals surface area contributed by atoms with E-state index in [-0.39, 0.29) is 0 Å². The van der Waals surface area contributed by atoms with E-state index in [1.54, 1.807) is 13.4 Å². The molecule has 1 heterocycles. The molecule has 2 aromatic rings. The molecule has 0 bridgehead atoms. The molecule has 0 fully saturated rings. The fourth-order valence-corrected chi connectivity index (χ4v) is 2.34. The van der Waals surface area contributed by atoms with E-state index in [0.29, 0.717) is 5.75 Å². The third-order valence-electron chi connectivity index (χ3n) is 3.65. The van der Waals surface area contributed by atoms with Gasteiger partial charge < -0.3 is 10.1 Å². The van der Waals surface area contributed by atoms with Crippen LogP contribution in [0.2, 0.25) is 0 Å². The van der Waals surface area contributed by atoms with Crippen molar-refractivity contribution in [3.05, 3.63) is 35.2 Å². The minimum absolute atomic E-state index is 0.706. The Hall–Kier alpha value is -2.10. The largest absolute Gasteiger partial charge is 0.491 e. The van der Waals surface area contributed by atoms with Gasteiger partial charge in [0.1, 0.15) is 12.0 Å². The molecule has 0 radical (unpaired) electrons. The predicted octanol–water partition coefficient (Wildman–Crippen LogP) is 3.90. The van der Waals surface area contributed by atoms with Gasteiger partial charge in [-0.3, -0.25) is 0 Å². The summed E-state index contributed by atoms with van der Waals surface area (Å²) in [6, 6.07) is 4.35. The van der Waals surface area contributed by atoms with Gasteiger partial charge in [-0.2, -0.15) is 0 Å². The molecular formula is C17H23N3O.